The van der Waals surface area contributed by atoms with Gasteiger partial charge < -0.3 is 18.9 Å². The largest absolute Gasteiger partial charge is 0.353 e. The number of rotatable bonds is 0. The molecule has 2 saturated heterocycles. The van der Waals surface area contributed by atoms with Gasteiger partial charge in [-0.1, -0.05) is 6.92 Å². The van der Waals surface area contributed by atoms with E-state index in [4.69, 9.17) is 18.9 Å². The molecule has 0 spiro atoms. The molecular weight excluding hydrogens is 208 g/mol. The molecule has 0 radical (unpaired) electrons. The van der Waals surface area contributed by atoms with E-state index in [2.05, 4.69) is 13.8 Å². The van der Waals surface area contributed by atoms with Crippen LogP contribution in [0.15, 0.2) is 0 Å². The molecule has 2 rings (SSSR count). The van der Waals surface area contributed by atoms with E-state index in [0.717, 1.165) is 26.2 Å². The predicted octanol–water partition coefficient (Wildman–Crippen LogP) is 2.17. The molecule has 2 unspecified atom stereocenters. The second kappa shape index (κ2) is 7.22. The van der Waals surface area contributed by atoms with Crippen LogP contribution in [0.5, 0.6) is 0 Å². The molecule has 0 aromatic heterocycles. The van der Waals surface area contributed by atoms with Gasteiger partial charge in [-0.15, -0.1) is 0 Å². The Labute approximate surface area is 98.2 Å². The second-order valence-electron chi connectivity index (χ2n) is 4.51. The lowest BCUT2D eigenvalue weighted by Gasteiger charge is -2.24. The summed E-state index contributed by atoms with van der Waals surface area (Å²) in [6.07, 6.45) is 1.45. The monoisotopic (exact) mass is 232 g/mol. The Balaban J connectivity index is 0.000000160. The van der Waals surface area contributed by atoms with E-state index < -0.39 is 0 Å². The van der Waals surface area contributed by atoms with Crippen LogP contribution in [-0.4, -0.2) is 38.5 Å². The standard InChI is InChI=1S/2C6H12O2/c1-5-3-7-6(2)8-4-5;1-5-3-4-7-6(2)8-5/h2*5-6H,3-4H2,1-2H3. The summed E-state index contributed by atoms with van der Waals surface area (Å²) < 4.78 is 20.7. The lowest BCUT2D eigenvalue weighted by atomic mass is 10.2. The van der Waals surface area contributed by atoms with Crippen molar-refractivity contribution in [1.29, 1.82) is 0 Å². The van der Waals surface area contributed by atoms with Gasteiger partial charge in [0.2, 0.25) is 0 Å². The first-order valence-electron chi connectivity index (χ1n) is 6.08. The van der Waals surface area contributed by atoms with E-state index in [1.807, 2.05) is 13.8 Å². The van der Waals surface area contributed by atoms with E-state index in [1.54, 1.807) is 0 Å². The highest BCUT2D eigenvalue weighted by Crippen LogP contribution is 2.10. The zero-order chi connectivity index (χ0) is 12.0. The maximum atomic E-state index is 5.26. The maximum Gasteiger partial charge on any atom is 0.155 e. The summed E-state index contributed by atoms with van der Waals surface area (Å²) >= 11 is 0. The van der Waals surface area contributed by atoms with Gasteiger partial charge in [-0.3, -0.25) is 0 Å². The fraction of sp³-hybridized carbons (Fsp3) is 1.00. The van der Waals surface area contributed by atoms with Crippen LogP contribution < -0.4 is 0 Å². The van der Waals surface area contributed by atoms with Crippen LogP contribution in [0.4, 0.5) is 0 Å². The van der Waals surface area contributed by atoms with E-state index in [0.29, 0.717) is 12.0 Å². The smallest absolute Gasteiger partial charge is 0.155 e. The molecule has 96 valence electrons. The summed E-state index contributed by atoms with van der Waals surface area (Å²) in [6.45, 7) is 10.6. The summed E-state index contributed by atoms with van der Waals surface area (Å²) in [7, 11) is 0. The van der Waals surface area contributed by atoms with Crippen LogP contribution in [0.25, 0.3) is 0 Å². The van der Waals surface area contributed by atoms with Gasteiger partial charge in [-0.05, 0) is 27.2 Å². The fourth-order valence-electron chi connectivity index (χ4n) is 1.53. The second-order valence-corrected chi connectivity index (χ2v) is 4.51. The molecule has 2 atom stereocenters. The SMILES string of the molecule is CC1CCOC(C)O1.CC1COC(C)OC1. The van der Waals surface area contributed by atoms with Crippen molar-refractivity contribution in [3.05, 3.63) is 0 Å². The molecule has 0 saturated carbocycles. The van der Waals surface area contributed by atoms with Crippen LogP contribution >= 0.6 is 0 Å². The summed E-state index contributed by atoms with van der Waals surface area (Å²) in [5, 5.41) is 0. The van der Waals surface area contributed by atoms with Gasteiger partial charge >= 0.3 is 0 Å². The Morgan fingerprint density at radius 2 is 1.44 bits per heavy atom. The molecule has 0 aliphatic carbocycles. The Hall–Kier alpha value is -0.160. The zero-order valence-electron chi connectivity index (χ0n) is 10.8. The quantitative estimate of drug-likeness (QED) is 0.641. The average Bonchev–Trinajstić information content (AvgIpc) is 2.23. The van der Waals surface area contributed by atoms with Gasteiger partial charge in [0, 0.05) is 5.92 Å². The number of ether oxygens (including phenoxy) is 4. The molecular formula is C12H24O4. The van der Waals surface area contributed by atoms with Crippen molar-refractivity contribution in [1.82, 2.24) is 0 Å². The first-order chi connectivity index (χ1) is 7.58. The van der Waals surface area contributed by atoms with E-state index in [9.17, 15) is 0 Å². The lowest BCUT2D eigenvalue weighted by Crippen LogP contribution is -2.27. The molecule has 0 amide bonds. The third-order valence-electron chi connectivity index (χ3n) is 2.53. The minimum atomic E-state index is 0.0127. The van der Waals surface area contributed by atoms with Crippen molar-refractivity contribution in [3.8, 4) is 0 Å². The predicted molar refractivity (Wildman–Crippen MR) is 61.1 cm³/mol. The summed E-state index contributed by atoms with van der Waals surface area (Å²) in [6, 6.07) is 0. The average molecular weight is 232 g/mol. The molecule has 2 fully saturated rings. The Morgan fingerprint density at radius 3 is 1.81 bits per heavy atom. The minimum absolute atomic E-state index is 0.0127. The van der Waals surface area contributed by atoms with Gasteiger partial charge in [-0.25, -0.2) is 0 Å². The highest BCUT2D eigenvalue weighted by Gasteiger charge is 2.14. The van der Waals surface area contributed by atoms with Crippen molar-refractivity contribution >= 4 is 0 Å². The highest BCUT2D eigenvalue weighted by atomic mass is 16.7. The minimum Gasteiger partial charge on any atom is -0.353 e. The topological polar surface area (TPSA) is 36.9 Å². The molecule has 0 N–H and O–H groups in total. The number of hydrogen-bond acceptors (Lipinski definition) is 4. The molecule has 2 heterocycles. The fourth-order valence-corrected chi connectivity index (χ4v) is 1.53. The third-order valence-corrected chi connectivity index (χ3v) is 2.53. The summed E-state index contributed by atoms with van der Waals surface area (Å²) in [5.41, 5.74) is 0. The van der Waals surface area contributed by atoms with Gasteiger partial charge in [0.15, 0.2) is 12.6 Å². The van der Waals surface area contributed by atoms with Crippen molar-refractivity contribution < 1.29 is 18.9 Å². The molecule has 16 heavy (non-hydrogen) atoms. The lowest BCUT2D eigenvalue weighted by molar-refractivity contribution is -0.197. The first kappa shape index (κ1) is 13.9. The van der Waals surface area contributed by atoms with Crippen molar-refractivity contribution in [2.45, 2.75) is 52.8 Å². The molecule has 4 heteroatoms. The number of hydrogen-bond donors (Lipinski definition) is 0. The Kier molecular flexibility index (Phi) is 6.28. The first-order valence-corrected chi connectivity index (χ1v) is 6.08. The van der Waals surface area contributed by atoms with Gasteiger partial charge in [0.25, 0.3) is 0 Å². The van der Waals surface area contributed by atoms with Crippen molar-refractivity contribution in [2.75, 3.05) is 19.8 Å². The summed E-state index contributed by atoms with van der Waals surface area (Å²) in [4.78, 5) is 0. The van der Waals surface area contributed by atoms with Crippen molar-refractivity contribution in [2.24, 2.45) is 5.92 Å². The zero-order valence-corrected chi connectivity index (χ0v) is 10.8. The molecule has 0 aromatic rings. The summed E-state index contributed by atoms with van der Waals surface area (Å²) in [5.74, 6) is 0.575. The van der Waals surface area contributed by atoms with Gasteiger partial charge in [0.05, 0.1) is 25.9 Å². The Morgan fingerprint density at radius 1 is 0.812 bits per heavy atom. The van der Waals surface area contributed by atoms with Crippen LogP contribution in [0.2, 0.25) is 0 Å². The van der Waals surface area contributed by atoms with Gasteiger partial charge in [-0.2, -0.15) is 0 Å². The third kappa shape index (κ3) is 5.80. The molecule has 2 aliphatic heterocycles. The van der Waals surface area contributed by atoms with E-state index >= 15 is 0 Å². The molecule has 4 nitrogen and oxygen atoms in total. The van der Waals surface area contributed by atoms with Crippen LogP contribution in [0.3, 0.4) is 0 Å². The molecule has 0 bridgehead atoms. The molecule has 0 aromatic carbocycles. The maximum absolute atomic E-state index is 5.26. The normalized spacial score (nSPS) is 39.8. The van der Waals surface area contributed by atoms with Gasteiger partial charge in [0.1, 0.15) is 0 Å². The van der Waals surface area contributed by atoms with Crippen molar-refractivity contribution in [3.63, 3.8) is 0 Å². The molecule has 2 aliphatic rings. The van der Waals surface area contributed by atoms with Crippen LogP contribution in [-0.2, 0) is 18.9 Å². The van der Waals surface area contributed by atoms with Crippen LogP contribution in [0.1, 0.15) is 34.1 Å². The Bertz CT molecular complexity index is 160. The van der Waals surface area contributed by atoms with E-state index in [1.165, 1.54) is 0 Å². The van der Waals surface area contributed by atoms with E-state index in [-0.39, 0.29) is 12.6 Å². The van der Waals surface area contributed by atoms with Crippen LogP contribution in [0, 0.1) is 5.92 Å². The highest BCUT2D eigenvalue weighted by molar-refractivity contribution is 4.54.